The van der Waals surface area contributed by atoms with Crippen molar-refractivity contribution in [2.24, 2.45) is 0 Å². The molecule has 8 heteroatoms. The molecule has 0 radical (unpaired) electrons. The zero-order valence-corrected chi connectivity index (χ0v) is 32.4. The van der Waals surface area contributed by atoms with Crippen LogP contribution in [0.25, 0.3) is 11.1 Å². The molecule has 270 valence electrons. The molecule has 0 saturated heterocycles. The van der Waals surface area contributed by atoms with Gasteiger partial charge < -0.3 is 19.9 Å². The van der Waals surface area contributed by atoms with E-state index in [9.17, 15) is 21.0 Å². The quantitative estimate of drug-likeness (QED) is 0.105. The molecule has 6 rings (SSSR count). The summed E-state index contributed by atoms with van der Waals surface area (Å²) in [4.78, 5) is 13.8. The summed E-state index contributed by atoms with van der Waals surface area (Å²) >= 11 is 0. The van der Waals surface area contributed by atoms with Gasteiger partial charge in [-0.1, -0.05) is 76.2 Å². The van der Waals surface area contributed by atoms with Gasteiger partial charge in [0.2, 0.25) is 0 Å². The maximum Gasteiger partial charge on any atom is 0.121 e. The van der Waals surface area contributed by atoms with E-state index in [1.165, 1.54) is 0 Å². The van der Waals surface area contributed by atoms with E-state index in [2.05, 4.69) is 148 Å². The van der Waals surface area contributed by atoms with Gasteiger partial charge >= 0.3 is 0 Å². The second-order valence-electron chi connectivity index (χ2n) is 14.0. The lowest BCUT2D eigenvalue weighted by atomic mass is 9.85. The number of benzene rings is 2. The summed E-state index contributed by atoms with van der Waals surface area (Å²) in [6.45, 7) is 16.6. The SMILES string of the molecule is CCc1c(C#N)[nH]c(C(c2ccc(-c3ccc(C(c4[nH]c(C#N)c(CC)c4C)c4[nH]c(C#N)c(CC)c4C)cc3)cc2)c2[nH]c(C#N)c(CC)c2C)c1C. The van der Waals surface area contributed by atoms with Gasteiger partial charge in [-0.05, 0) is 120 Å². The monoisotopic (exact) mass is 710 g/mol. The first-order valence-electron chi connectivity index (χ1n) is 18.8. The number of H-pyrrole nitrogens is 4. The molecule has 2 aromatic carbocycles. The van der Waals surface area contributed by atoms with Crippen LogP contribution < -0.4 is 0 Å². The van der Waals surface area contributed by atoms with Gasteiger partial charge in [0.15, 0.2) is 0 Å². The molecule has 0 fully saturated rings. The van der Waals surface area contributed by atoms with Crippen molar-refractivity contribution in [3.63, 3.8) is 0 Å². The molecular formula is C46H46N8. The van der Waals surface area contributed by atoms with Gasteiger partial charge in [0.1, 0.15) is 47.1 Å². The Kier molecular flexibility index (Phi) is 10.5. The van der Waals surface area contributed by atoms with Gasteiger partial charge in [0.25, 0.3) is 0 Å². The van der Waals surface area contributed by atoms with Gasteiger partial charge in [0.05, 0.1) is 11.8 Å². The highest BCUT2D eigenvalue weighted by Crippen LogP contribution is 2.41. The lowest BCUT2D eigenvalue weighted by Gasteiger charge is -2.20. The number of nitriles is 4. The molecule has 0 saturated carbocycles. The van der Waals surface area contributed by atoms with Crippen LogP contribution in [0, 0.1) is 73.0 Å². The van der Waals surface area contributed by atoms with Gasteiger partial charge in [-0.25, -0.2) is 0 Å². The highest BCUT2D eigenvalue weighted by atomic mass is 14.8. The summed E-state index contributed by atoms with van der Waals surface area (Å²) in [5, 5.41) is 39.9. The van der Waals surface area contributed by atoms with E-state index in [0.717, 1.165) is 115 Å². The van der Waals surface area contributed by atoms with Crippen LogP contribution in [-0.2, 0) is 25.7 Å². The highest BCUT2D eigenvalue weighted by molar-refractivity contribution is 5.66. The number of aromatic amines is 4. The Bertz CT molecular complexity index is 2210. The molecule has 0 aliphatic carbocycles. The van der Waals surface area contributed by atoms with E-state index < -0.39 is 0 Å². The normalized spacial score (nSPS) is 11.1. The number of hydrogen-bond acceptors (Lipinski definition) is 4. The van der Waals surface area contributed by atoms with Crippen molar-refractivity contribution in [2.75, 3.05) is 0 Å². The van der Waals surface area contributed by atoms with Crippen LogP contribution in [-0.4, -0.2) is 19.9 Å². The smallest absolute Gasteiger partial charge is 0.121 e. The fraction of sp³-hybridized carbons (Fsp3) is 0.304. The Labute approximate surface area is 318 Å². The van der Waals surface area contributed by atoms with E-state index in [0.29, 0.717) is 22.8 Å². The van der Waals surface area contributed by atoms with Crippen molar-refractivity contribution in [1.29, 1.82) is 21.0 Å². The van der Waals surface area contributed by atoms with Crippen molar-refractivity contribution in [3.8, 4) is 35.4 Å². The van der Waals surface area contributed by atoms with Crippen molar-refractivity contribution in [2.45, 2.75) is 92.9 Å². The van der Waals surface area contributed by atoms with E-state index in [1.807, 2.05) is 0 Å². The molecule has 4 N–H and O–H groups in total. The molecule has 0 amide bonds. The van der Waals surface area contributed by atoms with Crippen molar-refractivity contribution < 1.29 is 0 Å². The van der Waals surface area contributed by atoms with E-state index >= 15 is 0 Å². The van der Waals surface area contributed by atoms with E-state index in [-0.39, 0.29) is 11.8 Å². The number of aromatic nitrogens is 4. The number of nitrogens with one attached hydrogen (secondary N) is 4. The first-order chi connectivity index (χ1) is 26.1. The highest BCUT2D eigenvalue weighted by Gasteiger charge is 2.30. The van der Waals surface area contributed by atoms with Crippen LogP contribution in [0.15, 0.2) is 48.5 Å². The van der Waals surface area contributed by atoms with Crippen molar-refractivity contribution in [3.05, 3.63) is 150 Å². The van der Waals surface area contributed by atoms with Gasteiger partial charge in [0, 0.05) is 22.8 Å². The van der Waals surface area contributed by atoms with Crippen LogP contribution in [0.2, 0.25) is 0 Å². The third-order valence-electron chi connectivity index (χ3n) is 11.5. The lowest BCUT2D eigenvalue weighted by Crippen LogP contribution is -2.08. The number of rotatable bonds is 11. The largest absolute Gasteiger partial charge is 0.349 e. The predicted molar refractivity (Wildman–Crippen MR) is 212 cm³/mol. The molecule has 4 heterocycles. The van der Waals surface area contributed by atoms with Crippen molar-refractivity contribution >= 4 is 0 Å². The van der Waals surface area contributed by atoms with Gasteiger partial charge in [-0.15, -0.1) is 0 Å². The van der Waals surface area contributed by atoms with Crippen LogP contribution in [0.3, 0.4) is 0 Å². The first kappa shape index (κ1) is 37.3. The van der Waals surface area contributed by atoms with Gasteiger partial charge in [-0.3, -0.25) is 0 Å². The molecule has 0 bridgehead atoms. The average molecular weight is 711 g/mol. The Balaban J connectivity index is 1.44. The first-order valence-corrected chi connectivity index (χ1v) is 18.8. The van der Waals surface area contributed by atoms with Crippen molar-refractivity contribution in [1.82, 2.24) is 19.9 Å². The fourth-order valence-electron chi connectivity index (χ4n) is 8.61. The molecule has 0 aliphatic heterocycles. The standard InChI is InChI=1S/C46H46N8/c1-9-33-25(5)43(51-37(33)21-47)41(44-26(6)34(10-2)38(22-48)52-44)31-17-13-29(14-18-31)30-15-19-32(20-16-30)42(45-27(7)35(11-3)39(23-49)53-45)46-28(8)36(12-4)40(24-50)54-46/h13-20,41-42,51-54H,9-12H2,1-8H3. The maximum absolute atomic E-state index is 9.97. The van der Waals surface area contributed by atoms with E-state index in [4.69, 9.17) is 0 Å². The molecule has 0 atom stereocenters. The minimum Gasteiger partial charge on any atom is -0.349 e. The summed E-state index contributed by atoms with van der Waals surface area (Å²) in [6, 6.07) is 26.5. The molecule has 54 heavy (non-hydrogen) atoms. The zero-order valence-electron chi connectivity index (χ0n) is 32.4. The van der Waals surface area contributed by atoms with E-state index in [1.54, 1.807) is 0 Å². The Hall–Kier alpha value is -6.48. The lowest BCUT2D eigenvalue weighted by molar-refractivity contribution is 0.873. The number of nitrogens with zero attached hydrogens (tertiary/aromatic N) is 4. The molecule has 0 aliphatic rings. The average Bonchev–Trinajstić information content (AvgIpc) is 3.91. The van der Waals surface area contributed by atoms with Crippen LogP contribution in [0.1, 0.15) is 141 Å². The zero-order chi connectivity index (χ0) is 38.8. The molecule has 0 spiro atoms. The minimum absolute atomic E-state index is 0.229. The van der Waals surface area contributed by atoms with Gasteiger partial charge in [-0.2, -0.15) is 21.0 Å². The van der Waals surface area contributed by atoms with Crippen LogP contribution >= 0.6 is 0 Å². The van der Waals surface area contributed by atoms with Crippen LogP contribution in [0.5, 0.6) is 0 Å². The molecule has 8 nitrogen and oxygen atoms in total. The second-order valence-corrected chi connectivity index (χ2v) is 14.0. The summed E-state index contributed by atoms with van der Waals surface area (Å²) in [5.74, 6) is -0.458. The summed E-state index contributed by atoms with van der Waals surface area (Å²) < 4.78 is 0. The Morgan fingerprint density at radius 2 is 0.630 bits per heavy atom. The molecule has 0 unspecified atom stereocenters. The Morgan fingerprint density at radius 3 is 0.796 bits per heavy atom. The third-order valence-corrected chi connectivity index (χ3v) is 11.5. The third kappa shape index (κ3) is 6.11. The summed E-state index contributed by atoms with van der Waals surface area (Å²) in [6.07, 6.45) is 2.97. The number of hydrogen-bond donors (Lipinski definition) is 4. The minimum atomic E-state index is -0.229. The summed E-state index contributed by atoms with van der Waals surface area (Å²) in [5.41, 5.74) is 18.7. The van der Waals surface area contributed by atoms with Crippen LogP contribution in [0.4, 0.5) is 0 Å². The molecular weight excluding hydrogens is 665 g/mol. The topological polar surface area (TPSA) is 158 Å². The maximum atomic E-state index is 9.97. The molecule has 4 aromatic heterocycles. The second kappa shape index (κ2) is 15.2. The molecule has 6 aromatic rings. The summed E-state index contributed by atoms with van der Waals surface area (Å²) in [7, 11) is 0. The predicted octanol–water partition coefficient (Wildman–Crippen LogP) is 10.00. The fourth-order valence-corrected chi connectivity index (χ4v) is 8.61. The Morgan fingerprint density at radius 1 is 0.407 bits per heavy atom.